The van der Waals surface area contributed by atoms with E-state index in [1.165, 1.54) is 52.0 Å². The number of carbonyl (C=O) groups excluding carboxylic acids is 9. The number of amides is 9. The van der Waals surface area contributed by atoms with Crippen molar-refractivity contribution in [3.63, 3.8) is 0 Å². The Morgan fingerprint density at radius 3 is 1.13 bits per heavy atom. The Hall–Kier alpha value is -2.53. The molecule has 598 valence electrons. The van der Waals surface area contributed by atoms with Gasteiger partial charge in [0, 0.05) is 40.3 Å². The molecule has 9 amide bonds. The summed E-state index contributed by atoms with van der Waals surface area (Å²) in [4.78, 5) is 109. The first kappa shape index (κ1) is 125. The van der Waals surface area contributed by atoms with E-state index in [0.29, 0.717) is 17.1 Å². The fraction of sp³-hybridized carbons (Fsp3) is 0.200. The van der Waals surface area contributed by atoms with Crippen LogP contribution >= 0.6 is 31.9 Å². The van der Waals surface area contributed by atoms with E-state index in [-0.39, 0.29) is 333 Å². The van der Waals surface area contributed by atoms with Gasteiger partial charge in [0.25, 0.3) is 0 Å². The fourth-order valence-corrected chi connectivity index (χ4v) is 11.0. The van der Waals surface area contributed by atoms with Gasteiger partial charge in [-0.3, -0.25) is 0 Å². The van der Waals surface area contributed by atoms with Crippen LogP contribution in [0.4, 0.5) is 51.2 Å². The first-order valence-electron chi connectivity index (χ1n) is 35.0. The molecule has 0 radical (unpaired) electrons. The van der Waals surface area contributed by atoms with Gasteiger partial charge < -0.3 is 148 Å². The smallest absolute Gasteiger partial charge is 0.375 e. The number of hydrogen-bond donors (Lipinski definition) is 3. The van der Waals surface area contributed by atoms with Gasteiger partial charge in [0.2, 0.25) is 0 Å². The molecule has 0 aromatic heterocycles. The number of halogens is 2. The summed E-state index contributed by atoms with van der Waals surface area (Å²) in [5.41, 5.74) is 14.5. The zero-order valence-corrected chi connectivity index (χ0v) is 109. The van der Waals surface area contributed by atoms with Crippen molar-refractivity contribution in [1.29, 1.82) is 0 Å². The van der Waals surface area contributed by atoms with E-state index in [1.807, 2.05) is 129 Å². The molecule has 13 rings (SSSR count). The summed E-state index contributed by atoms with van der Waals surface area (Å²) in [6.45, 7) is 27.4. The van der Waals surface area contributed by atoms with E-state index in [9.17, 15) is 43.2 Å². The van der Waals surface area contributed by atoms with Crippen LogP contribution in [0.25, 0.3) is 0 Å². The van der Waals surface area contributed by atoms with Crippen molar-refractivity contribution in [2.75, 3.05) is 85.6 Å². The third-order valence-electron chi connectivity index (χ3n) is 16.1. The van der Waals surface area contributed by atoms with Crippen LogP contribution in [0.2, 0.25) is 0 Å². The Labute approximate surface area is 936 Å². The maximum absolute atomic E-state index is 11.5. The third kappa shape index (κ3) is 45.1. The van der Waals surface area contributed by atoms with Crippen molar-refractivity contribution in [3.8, 4) is 0 Å². The summed E-state index contributed by atoms with van der Waals surface area (Å²) in [7, 11) is 3.40. The molecule has 4 heterocycles. The monoisotopic (exact) mass is 3740 g/mol. The molecule has 0 atom stereocenters. The summed E-state index contributed by atoms with van der Waals surface area (Å²) in [6.07, 6.45) is 13.0. The van der Waals surface area contributed by atoms with Crippen molar-refractivity contribution in [1.82, 2.24) is 0 Å². The minimum Gasteiger partial charge on any atom is -0.375 e. The van der Waals surface area contributed by atoms with Gasteiger partial charge in [0.1, 0.15) is 0 Å². The molecule has 0 aliphatic carbocycles. The van der Waals surface area contributed by atoms with E-state index in [2.05, 4.69) is 141 Å². The molecule has 119 heavy (non-hydrogen) atoms. The van der Waals surface area contributed by atoms with Crippen LogP contribution in [0.1, 0.15) is 74.9 Å². The SMILES string of the molecule is C[CH-]C(=O)N(C)c1[c-]cccc1.C[CH-]C(=O)N1CCc2cc(Br)c[c-]c21.C[CH-]C(=O)N1CCc2cc(C)c[c-]c21.C[CH-]C(=O)N1CCc2ccc[c-]c21.C[CH-]C(=O)Nc1[c-]cc(Br)cc1.C[CH-]C(=O)Nc1[c-]cc(C)cc1.[CH2-]C(=O)N(C)c1[c-]cccc1.[CH2-]C(=O)N1CCc2ccc[c-]c21.[CH2-]C(=O)Nc1[c-]cccc1.[U+2].[U+2].[U+2].[U+2].[U+2].[U+2].[U+2].[U+2].[U+2]. The van der Waals surface area contributed by atoms with Crippen LogP contribution in [0.15, 0.2) is 179 Å². The largest absolute Gasteiger partial charge is 2.00 e. The number of nitrogens with zero attached hydrogens (tertiary/aromatic N) is 6. The predicted octanol–water partition coefficient (Wildman–Crippen LogP) is 15.7. The number of nitrogens with one attached hydrogen (secondary N) is 3. The number of benzene rings is 9. The van der Waals surface area contributed by atoms with Crippen molar-refractivity contribution in [3.05, 3.63) is 326 Å². The van der Waals surface area contributed by atoms with Gasteiger partial charge in [-0.15, -0.1) is 84.4 Å². The van der Waals surface area contributed by atoms with Crippen LogP contribution in [0.3, 0.4) is 0 Å². The quantitative estimate of drug-likeness (QED) is 0.105. The molecule has 18 nitrogen and oxygen atoms in total. The van der Waals surface area contributed by atoms with E-state index in [4.69, 9.17) is 0 Å². The molecule has 3 N–H and O–H groups in total. The molecule has 4 aliphatic rings. The molecular weight excluding hydrogens is 3650 g/mol. The Morgan fingerprint density at radius 1 is 0.370 bits per heavy atom. The van der Waals surface area contributed by atoms with Gasteiger partial charge >= 0.3 is 280 Å². The van der Waals surface area contributed by atoms with E-state index < -0.39 is 0 Å². The van der Waals surface area contributed by atoms with Gasteiger partial charge in [-0.05, 0) is 0 Å². The topological polar surface area (TPSA) is 209 Å². The second kappa shape index (κ2) is 69.6. The van der Waals surface area contributed by atoms with Crippen LogP contribution in [-0.2, 0) is 68.8 Å². The molecule has 4 aliphatic heterocycles. The summed E-state index contributed by atoms with van der Waals surface area (Å²) < 4.78 is 1.96. The first-order chi connectivity index (χ1) is 52.7. The number of rotatable bonds is 11. The van der Waals surface area contributed by atoms with E-state index >= 15 is 0 Å². The minimum absolute atomic E-state index is 0. The summed E-state index contributed by atoms with van der Waals surface area (Å²) in [5.74, 6) is -0.723. The molecule has 0 spiro atoms. The normalized spacial score (nSPS) is 10.7. The van der Waals surface area contributed by atoms with Crippen molar-refractivity contribution < 1.29 is 323 Å². The Balaban J connectivity index is -0.000000406. The van der Waals surface area contributed by atoms with Crippen LogP contribution in [-0.4, -0.2) is 93.4 Å². The maximum Gasteiger partial charge on any atom is 2.00 e. The van der Waals surface area contributed by atoms with Gasteiger partial charge in [-0.1, -0.05) is 99.7 Å². The van der Waals surface area contributed by atoms with Crippen molar-refractivity contribution in [2.45, 2.75) is 81.1 Å². The average Bonchev–Trinajstić information content (AvgIpc) is 1.68. The standard InChI is InChI=1S/C12H13NO.C11H10BrNO.C11H11NO.C10H9NO.2C10H11NO.C9H8BrNO.C9H9NO.C8H7NO.9U/c1-3-12(14)13-7-6-10-8-9(2)4-5-11(10)13;1-2-11(14)13-6-5-8-7-9(12)3-4-10(8)13;1-2-11(13)12-8-7-9-5-3-4-6-10(9)12;1-8(12)11-7-6-9-4-2-3-5-10(9)11;1-3-10(12)11-9-6-4-8(2)5-7-9;1-3-10(12)11(2)9-7-5-4-6-8-9;1-2-9(12)11-8-5-3-7(10)4-6-8;1-8(11)10(2)9-6-4-3-5-7-9;1-7(10)9-8-5-3-2-4-6-8;;;;;;;;;/h3-4,8H,6-7H2,1-2H3;2-3,7H,5-6H2,1H3;2-5H,7-8H2,1H3;2-4H,1,6-7H2;3-6H,1-2H3,(H,11,12);3-7H,1-2H3;2-5H,1H3,(H,11,12);3-6H,1H2,2H3;2-5H,1H2,(H,9,10);;;;;;;;;/q9*-2;9*+2. The molecule has 0 bridgehead atoms. The van der Waals surface area contributed by atoms with Crippen molar-refractivity contribution in [2.24, 2.45) is 0 Å². The average molecular weight is 3740 g/mol. The second-order valence-corrected chi connectivity index (χ2v) is 25.8. The summed E-state index contributed by atoms with van der Waals surface area (Å²) in [5, 5.41) is 7.82. The molecule has 0 saturated carbocycles. The third-order valence-corrected chi connectivity index (χ3v) is 17.1. The zero-order valence-electron chi connectivity index (χ0n) is 68.0. The number of para-hydroxylation sites is 5. The second-order valence-electron chi connectivity index (χ2n) is 23.9. The number of carbonyl (C=O) groups is 9. The van der Waals surface area contributed by atoms with E-state index in [0.717, 1.165) is 100 Å². The minimum atomic E-state index is -0.317. The van der Waals surface area contributed by atoms with Crippen molar-refractivity contribution >= 4 is 136 Å². The number of hydrogen-bond acceptors (Lipinski definition) is 9. The first-order valence-corrected chi connectivity index (χ1v) is 36.6. The summed E-state index contributed by atoms with van der Waals surface area (Å²) >= 11 is 6.67. The van der Waals surface area contributed by atoms with Gasteiger partial charge in [0.15, 0.2) is 0 Å². The number of aryl methyl sites for hydroxylation is 2. The van der Waals surface area contributed by atoms with E-state index in [1.54, 1.807) is 136 Å². The maximum atomic E-state index is 11.5. The molecule has 9 aromatic rings. The Kier molecular flexibility index (Phi) is 73.1. The van der Waals surface area contributed by atoms with Gasteiger partial charge in [-0.2, -0.15) is 247 Å². The molecule has 0 unspecified atom stereocenters. The van der Waals surface area contributed by atoms with Gasteiger partial charge in [0.05, 0.1) is 53.2 Å². The fourth-order valence-electron chi connectivity index (χ4n) is 10.4. The number of anilines is 9. The Bertz CT molecular complexity index is 4340. The molecular formula is C90H89Br2N9O9U9. The zero-order chi connectivity index (χ0) is 80.7. The predicted molar refractivity (Wildman–Crippen MR) is 445 cm³/mol. The molecule has 29 heteroatoms. The number of fused-ring (bicyclic) bond motifs is 4. The van der Waals surface area contributed by atoms with Gasteiger partial charge in [-0.25, -0.2) is 0 Å². The van der Waals surface area contributed by atoms with Crippen LogP contribution in [0.5, 0.6) is 0 Å². The molecule has 0 fully saturated rings. The summed E-state index contributed by atoms with van der Waals surface area (Å²) in [6, 6.07) is 79.4. The molecule has 9 aromatic carbocycles. The molecule has 0 saturated heterocycles. The Morgan fingerprint density at radius 2 is 0.748 bits per heavy atom. The van der Waals surface area contributed by atoms with Crippen LogP contribution in [0, 0.1) is 408 Å². The van der Waals surface area contributed by atoms with Crippen LogP contribution < -0.4 is 45.3 Å².